The summed E-state index contributed by atoms with van der Waals surface area (Å²) in [6.45, 7) is 0.272. The van der Waals surface area contributed by atoms with Crippen LogP contribution in [0.5, 0.6) is 11.5 Å². The van der Waals surface area contributed by atoms with Gasteiger partial charge in [0.2, 0.25) is 0 Å². The maximum atomic E-state index is 13.6. The third-order valence-corrected chi connectivity index (χ3v) is 3.34. The van der Waals surface area contributed by atoms with Gasteiger partial charge in [0.25, 0.3) is 0 Å². The molecule has 0 unspecified atom stereocenters. The predicted molar refractivity (Wildman–Crippen MR) is 76.0 cm³/mol. The molecule has 20 heavy (non-hydrogen) atoms. The molecule has 0 amide bonds. The van der Waals surface area contributed by atoms with Gasteiger partial charge in [0.15, 0.2) is 11.5 Å². The zero-order valence-corrected chi connectivity index (χ0v) is 12.2. The van der Waals surface area contributed by atoms with Gasteiger partial charge in [-0.3, -0.25) is 0 Å². The molecular weight excluding hydrogens is 332 g/mol. The molecule has 0 radical (unpaired) electrons. The van der Waals surface area contributed by atoms with Gasteiger partial charge in [-0.05, 0) is 39.7 Å². The summed E-state index contributed by atoms with van der Waals surface area (Å²) in [6.07, 6.45) is 0. The summed E-state index contributed by atoms with van der Waals surface area (Å²) in [5, 5.41) is 12.3. The summed E-state index contributed by atoms with van der Waals surface area (Å²) in [5.74, 6) is -0.745. The van der Waals surface area contributed by atoms with E-state index in [1.807, 2.05) is 0 Å². The minimum atomic E-state index is -0.552. The van der Waals surface area contributed by atoms with Gasteiger partial charge < -0.3 is 15.2 Å². The molecule has 3 nitrogen and oxygen atoms in total. The van der Waals surface area contributed by atoms with E-state index < -0.39 is 11.6 Å². The van der Waals surface area contributed by atoms with Crippen LogP contribution in [0.25, 0.3) is 0 Å². The van der Waals surface area contributed by atoms with E-state index in [1.54, 1.807) is 12.1 Å². The second-order valence-electron chi connectivity index (χ2n) is 4.11. The van der Waals surface area contributed by atoms with Crippen LogP contribution in [0.15, 0.2) is 34.8 Å². The van der Waals surface area contributed by atoms with Crippen LogP contribution < -0.4 is 10.1 Å². The van der Waals surface area contributed by atoms with Gasteiger partial charge in [-0.2, -0.15) is 0 Å². The van der Waals surface area contributed by atoms with Crippen molar-refractivity contribution in [1.29, 1.82) is 0 Å². The topological polar surface area (TPSA) is 41.5 Å². The van der Waals surface area contributed by atoms with E-state index in [0.29, 0.717) is 5.75 Å². The Morgan fingerprint density at radius 3 is 2.65 bits per heavy atom. The molecular formula is C14H12BrF2NO2. The standard InChI is InChI=1S/C14H12BrF2NO2/c1-20-14-4-8(2-3-13(14)19)7-18-12-6-10(16)9(15)5-11(12)17/h2-6,18-19H,7H2,1H3. The Hall–Kier alpha value is -1.82. The van der Waals surface area contributed by atoms with Gasteiger partial charge in [-0.1, -0.05) is 6.07 Å². The van der Waals surface area contributed by atoms with Gasteiger partial charge in [0, 0.05) is 12.6 Å². The van der Waals surface area contributed by atoms with Crippen molar-refractivity contribution in [2.45, 2.75) is 6.54 Å². The fourth-order valence-electron chi connectivity index (χ4n) is 1.69. The average Bonchev–Trinajstić information content (AvgIpc) is 2.43. The zero-order valence-electron chi connectivity index (χ0n) is 10.6. The van der Waals surface area contributed by atoms with Crippen LogP contribution in [0, 0.1) is 11.6 Å². The fourth-order valence-corrected chi connectivity index (χ4v) is 2.00. The first-order valence-corrected chi connectivity index (χ1v) is 6.55. The number of hydrogen-bond donors (Lipinski definition) is 2. The highest BCUT2D eigenvalue weighted by Crippen LogP contribution is 2.27. The molecule has 2 rings (SSSR count). The summed E-state index contributed by atoms with van der Waals surface area (Å²) in [5.41, 5.74) is 0.833. The number of phenolic OH excluding ortho intramolecular Hbond substituents is 1. The predicted octanol–water partition coefficient (Wildman–Crippen LogP) is 4.05. The van der Waals surface area contributed by atoms with Crippen LogP contribution in [0.2, 0.25) is 0 Å². The van der Waals surface area contributed by atoms with Gasteiger partial charge >= 0.3 is 0 Å². The van der Waals surface area contributed by atoms with E-state index >= 15 is 0 Å². The summed E-state index contributed by atoms with van der Waals surface area (Å²) in [6, 6.07) is 6.91. The second kappa shape index (κ2) is 6.09. The maximum absolute atomic E-state index is 13.6. The second-order valence-corrected chi connectivity index (χ2v) is 4.96. The van der Waals surface area contributed by atoms with E-state index in [4.69, 9.17) is 4.74 Å². The highest BCUT2D eigenvalue weighted by atomic mass is 79.9. The molecule has 0 aliphatic rings. The number of phenols is 1. The summed E-state index contributed by atoms with van der Waals surface area (Å²) in [7, 11) is 1.44. The Kier molecular flexibility index (Phi) is 4.44. The number of ether oxygens (including phenoxy) is 1. The molecule has 0 fully saturated rings. The number of aromatic hydroxyl groups is 1. The summed E-state index contributed by atoms with van der Waals surface area (Å²) < 4.78 is 32.0. The lowest BCUT2D eigenvalue weighted by molar-refractivity contribution is 0.373. The molecule has 0 saturated carbocycles. The number of rotatable bonds is 4. The van der Waals surface area contributed by atoms with Crippen molar-refractivity contribution < 1.29 is 18.6 Å². The summed E-state index contributed by atoms with van der Waals surface area (Å²) >= 11 is 2.92. The number of halogens is 3. The number of methoxy groups -OCH3 is 1. The van der Waals surface area contributed by atoms with Crippen LogP contribution in [-0.2, 0) is 6.54 Å². The van der Waals surface area contributed by atoms with E-state index in [0.717, 1.165) is 17.7 Å². The van der Waals surface area contributed by atoms with Gasteiger partial charge in [-0.25, -0.2) is 8.78 Å². The molecule has 0 atom stereocenters. The average molecular weight is 344 g/mol. The minimum Gasteiger partial charge on any atom is -0.504 e. The van der Waals surface area contributed by atoms with Crippen molar-refractivity contribution in [3.05, 3.63) is 52.0 Å². The van der Waals surface area contributed by atoms with Crippen LogP contribution in [0.3, 0.4) is 0 Å². The monoisotopic (exact) mass is 343 g/mol. The third-order valence-electron chi connectivity index (χ3n) is 2.74. The van der Waals surface area contributed by atoms with Crippen molar-refractivity contribution in [2.75, 3.05) is 12.4 Å². The molecule has 0 aliphatic heterocycles. The molecule has 0 bridgehead atoms. The molecule has 106 valence electrons. The molecule has 0 heterocycles. The van der Waals surface area contributed by atoms with Gasteiger partial charge in [-0.15, -0.1) is 0 Å². The Bertz CT molecular complexity index is 635. The lowest BCUT2D eigenvalue weighted by Gasteiger charge is -2.10. The Morgan fingerprint density at radius 1 is 1.20 bits per heavy atom. The van der Waals surface area contributed by atoms with E-state index in [-0.39, 0.29) is 22.5 Å². The molecule has 0 saturated heterocycles. The molecule has 2 aromatic rings. The maximum Gasteiger partial charge on any atom is 0.160 e. The van der Waals surface area contributed by atoms with Crippen molar-refractivity contribution in [1.82, 2.24) is 0 Å². The number of benzene rings is 2. The highest BCUT2D eigenvalue weighted by molar-refractivity contribution is 9.10. The smallest absolute Gasteiger partial charge is 0.160 e. The first-order chi connectivity index (χ1) is 9.51. The SMILES string of the molecule is COc1cc(CNc2cc(F)c(Br)cc2F)ccc1O. The number of hydrogen-bond acceptors (Lipinski definition) is 3. The molecule has 0 spiro atoms. The largest absolute Gasteiger partial charge is 0.504 e. The molecule has 0 aliphatic carbocycles. The lowest BCUT2D eigenvalue weighted by atomic mass is 10.2. The molecule has 0 aromatic heterocycles. The van der Waals surface area contributed by atoms with Crippen molar-refractivity contribution >= 4 is 21.6 Å². The number of anilines is 1. The van der Waals surface area contributed by atoms with Crippen molar-refractivity contribution in [3.63, 3.8) is 0 Å². The normalized spacial score (nSPS) is 10.4. The van der Waals surface area contributed by atoms with Crippen LogP contribution in [0.1, 0.15) is 5.56 Å². The van der Waals surface area contributed by atoms with E-state index in [2.05, 4.69) is 21.2 Å². The zero-order chi connectivity index (χ0) is 14.7. The minimum absolute atomic E-state index is 0.0251. The Balaban J connectivity index is 2.14. The first-order valence-electron chi connectivity index (χ1n) is 5.75. The number of nitrogens with one attached hydrogen (secondary N) is 1. The van der Waals surface area contributed by atoms with E-state index in [1.165, 1.54) is 13.2 Å². The first kappa shape index (κ1) is 14.6. The fraction of sp³-hybridized carbons (Fsp3) is 0.143. The molecule has 6 heteroatoms. The van der Waals surface area contributed by atoms with Gasteiger partial charge in [0.05, 0.1) is 17.3 Å². The molecule has 2 N–H and O–H groups in total. The van der Waals surface area contributed by atoms with Crippen molar-refractivity contribution in [2.24, 2.45) is 0 Å². The van der Waals surface area contributed by atoms with Crippen LogP contribution in [0.4, 0.5) is 14.5 Å². The summed E-state index contributed by atoms with van der Waals surface area (Å²) in [4.78, 5) is 0. The van der Waals surface area contributed by atoms with Crippen LogP contribution in [-0.4, -0.2) is 12.2 Å². The third kappa shape index (κ3) is 3.19. The quantitative estimate of drug-likeness (QED) is 0.822. The Labute approximate surface area is 123 Å². The highest BCUT2D eigenvalue weighted by Gasteiger charge is 2.08. The van der Waals surface area contributed by atoms with Crippen molar-refractivity contribution in [3.8, 4) is 11.5 Å². The lowest BCUT2D eigenvalue weighted by Crippen LogP contribution is -2.02. The molecule has 2 aromatic carbocycles. The Morgan fingerprint density at radius 2 is 1.95 bits per heavy atom. The van der Waals surface area contributed by atoms with Crippen LogP contribution >= 0.6 is 15.9 Å². The van der Waals surface area contributed by atoms with E-state index in [9.17, 15) is 13.9 Å². The van der Waals surface area contributed by atoms with Gasteiger partial charge in [0.1, 0.15) is 11.6 Å².